The van der Waals surface area contributed by atoms with Crippen LogP contribution >= 0.6 is 11.6 Å². The molecule has 1 aromatic carbocycles. The second-order valence-corrected chi connectivity index (χ2v) is 5.51. The summed E-state index contributed by atoms with van der Waals surface area (Å²) in [7, 11) is 0. The first-order chi connectivity index (χ1) is 9.99. The predicted octanol–water partition coefficient (Wildman–Crippen LogP) is 3.20. The molecule has 0 atom stereocenters. The maximum Gasteiger partial charge on any atom is 0.300 e. The molecule has 0 heterocycles. The van der Waals surface area contributed by atoms with E-state index in [1.54, 1.807) is 0 Å². The number of nitrogens with zero attached hydrogens (tertiary/aromatic N) is 2. The third-order valence-electron chi connectivity index (χ3n) is 3.69. The summed E-state index contributed by atoms with van der Waals surface area (Å²) in [6.45, 7) is 0. The molecule has 0 unspecified atom stereocenters. The van der Waals surface area contributed by atoms with Crippen molar-refractivity contribution in [3.63, 3.8) is 0 Å². The molecule has 7 heteroatoms. The third kappa shape index (κ3) is 3.14. The molecular weight excluding hydrogens is 294 g/mol. The normalized spacial score (nSPS) is 16.8. The molecular formula is C14H14ClN3O3. The number of hydrogen-bond acceptors (Lipinski definition) is 4. The molecule has 1 amide bonds. The molecule has 0 saturated heterocycles. The van der Waals surface area contributed by atoms with Crippen LogP contribution in [0, 0.1) is 21.4 Å². The number of halogens is 1. The molecule has 0 spiro atoms. The van der Waals surface area contributed by atoms with Crippen LogP contribution < -0.4 is 5.32 Å². The molecule has 1 aliphatic carbocycles. The van der Waals surface area contributed by atoms with Gasteiger partial charge < -0.3 is 5.32 Å². The van der Waals surface area contributed by atoms with Gasteiger partial charge in [0.1, 0.15) is 16.1 Å². The van der Waals surface area contributed by atoms with Crippen LogP contribution in [-0.4, -0.2) is 16.4 Å². The fourth-order valence-electron chi connectivity index (χ4n) is 2.59. The monoisotopic (exact) mass is 307 g/mol. The molecule has 6 nitrogen and oxygen atoms in total. The smallest absolute Gasteiger partial charge is 0.300 e. The van der Waals surface area contributed by atoms with E-state index >= 15 is 0 Å². The van der Waals surface area contributed by atoms with Gasteiger partial charge in [0.15, 0.2) is 0 Å². The molecule has 0 aromatic heterocycles. The minimum Gasteiger partial charge on any atom is -0.333 e. The number of carbonyl (C=O) groups excluding carboxylic acids is 1. The Morgan fingerprint density at radius 1 is 1.38 bits per heavy atom. The molecule has 0 bridgehead atoms. The maximum atomic E-state index is 12.3. The fourth-order valence-corrected chi connectivity index (χ4v) is 2.83. The van der Waals surface area contributed by atoms with Crippen LogP contribution in [0.1, 0.15) is 42.5 Å². The lowest BCUT2D eigenvalue weighted by Crippen LogP contribution is -2.48. The highest BCUT2D eigenvalue weighted by molar-refractivity contribution is 6.33. The Balaban J connectivity index is 2.31. The quantitative estimate of drug-likeness (QED) is 0.685. The Morgan fingerprint density at radius 3 is 2.62 bits per heavy atom. The van der Waals surface area contributed by atoms with Gasteiger partial charge in [-0.2, -0.15) is 5.26 Å². The van der Waals surface area contributed by atoms with E-state index in [0.29, 0.717) is 12.8 Å². The Hall–Kier alpha value is -2.13. The molecule has 1 aromatic rings. The molecule has 0 aliphatic heterocycles. The predicted molar refractivity (Wildman–Crippen MR) is 77.0 cm³/mol. The number of para-hydroxylation sites is 1. The SMILES string of the molecule is N#CC1(NC(=O)c2cccc(Cl)c2[N+](=O)[O-])CCCCC1. The summed E-state index contributed by atoms with van der Waals surface area (Å²) < 4.78 is 0. The van der Waals surface area contributed by atoms with Crippen molar-refractivity contribution in [1.82, 2.24) is 5.32 Å². The number of rotatable bonds is 3. The van der Waals surface area contributed by atoms with E-state index in [4.69, 9.17) is 11.6 Å². The van der Waals surface area contributed by atoms with Crippen molar-refractivity contribution >= 4 is 23.2 Å². The second kappa shape index (κ2) is 6.10. The van der Waals surface area contributed by atoms with Crippen molar-refractivity contribution in [2.75, 3.05) is 0 Å². The van der Waals surface area contributed by atoms with Gasteiger partial charge in [-0.25, -0.2) is 0 Å². The van der Waals surface area contributed by atoms with Gasteiger partial charge >= 0.3 is 5.69 Å². The third-order valence-corrected chi connectivity index (χ3v) is 3.99. The van der Waals surface area contributed by atoms with E-state index < -0.39 is 22.1 Å². The Kier molecular flexibility index (Phi) is 4.43. The van der Waals surface area contributed by atoms with Crippen LogP contribution in [0.25, 0.3) is 0 Å². The van der Waals surface area contributed by atoms with E-state index in [9.17, 15) is 20.2 Å². The first-order valence-electron chi connectivity index (χ1n) is 6.66. The Labute approximate surface area is 126 Å². The van der Waals surface area contributed by atoms with Gasteiger partial charge in [-0.3, -0.25) is 14.9 Å². The second-order valence-electron chi connectivity index (χ2n) is 5.10. The number of amides is 1. The van der Waals surface area contributed by atoms with Crippen LogP contribution in [0.3, 0.4) is 0 Å². The number of nitrogens with one attached hydrogen (secondary N) is 1. The molecule has 2 rings (SSSR count). The summed E-state index contributed by atoms with van der Waals surface area (Å²) in [4.78, 5) is 22.7. The van der Waals surface area contributed by atoms with Gasteiger partial charge in [0.25, 0.3) is 5.91 Å². The average molecular weight is 308 g/mol. The highest BCUT2D eigenvalue weighted by Gasteiger charge is 2.35. The highest BCUT2D eigenvalue weighted by Crippen LogP contribution is 2.31. The van der Waals surface area contributed by atoms with Gasteiger partial charge in [-0.15, -0.1) is 0 Å². The van der Waals surface area contributed by atoms with Gasteiger partial charge in [-0.1, -0.05) is 36.9 Å². The summed E-state index contributed by atoms with van der Waals surface area (Å²) >= 11 is 5.79. The largest absolute Gasteiger partial charge is 0.333 e. The lowest BCUT2D eigenvalue weighted by Gasteiger charge is -2.31. The van der Waals surface area contributed by atoms with Gasteiger partial charge in [-0.05, 0) is 25.0 Å². The molecule has 21 heavy (non-hydrogen) atoms. The van der Waals surface area contributed by atoms with Crippen molar-refractivity contribution in [3.05, 3.63) is 38.9 Å². The lowest BCUT2D eigenvalue weighted by atomic mass is 9.82. The van der Waals surface area contributed by atoms with Crippen molar-refractivity contribution in [1.29, 1.82) is 5.26 Å². The number of hydrogen-bond donors (Lipinski definition) is 1. The zero-order valence-corrected chi connectivity index (χ0v) is 12.0. The van der Waals surface area contributed by atoms with Crippen LogP contribution in [0.15, 0.2) is 18.2 Å². The summed E-state index contributed by atoms with van der Waals surface area (Å²) in [6.07, 6.45) is 3.85. The topological polar surface area (TPSA) is 96.0 Å². The van der Waals surface area contributed by atoms with E-state index in [1.807, 2.05) is 0 Å². The number of carbonyl (C=O) groups is 1. The number of nitriles is 1. The first-order valence-corrected chi connectivity index (χ1v) is 7.03. The van der Waals surface area contributed by atoms with Gasteiger partial charge in [0.05, 0.1) is 11.0 Å². The van der Waals surface area contributed by atoms with E-state index in [2.05, 4.69) is 11.4 Å². The molecule has 1 N–H and O–H groups in total. The zero-order chi connectivity index (χ0) is 15.5. The standard InChI is InChI=1S/C14H14ClN3O3/c15-11-6-4-5-10(12(11)18(20)21)13(19)17-14(9-16)7-2-1-3-8-14/h4-6H,1-3,7-8H2,(H,17,19). The van der Waals surface area contributed by atoms with E-state index in [-0.39, 0.29) is 10.6 Å². The average Bonchev–Trinajstić information content (AvgIpc) is 2.47. The minimum atomic E-state index is -0.939. The fraction of sp³-hybridized carbons (Fsp3) is 0.429. The number of benzene rings is 1. The van der Waals surface area contributed by atoms with Crippen molar-refractivity contribution in [2.45, 2.75) is 37.6 Å². The van der Waals surface area contributed by atoms with Crippen LogP contribution in [0.2, 0.25) is 5.02 Å². The van der Waals surface area contributed by atoms with E-state index in [1.165, 1.54) is 18.2 Å². The van der Waals surface area contributed by atoms with Crippen LogP contribution in [-0.2, 0) is 0 Å². The Bertz CT molecular complexity index is 618. The summed E-state index contributed by atoms with van der Waals surface area (Å²) in [5.41, 5.74) is -1.49. The summed E-state index contributed by atoms with van der Waals surface area (Å²) in [5.74, 6) is -0.632. The van der Waals surface area contributed by atoms with Crippen molar-refractivity contribution < 1.29 is 9.72 Å². The molecule has 0 radical (unpaired) electrons. The Morgan fingerprint density at radius 2 is 2.05 bits per heavy atom. The van der Waals surface area contributed by atoms with Crippen LogP contribution in [0.5, 0.6) is 0 Å². The van der Waals surface area contributed by atoms with Gasteiger partial charge in [0, 0.05) is 0 Å². The summed E-state index contributed by atoms with van der Waals surface area (Å²) in [5, 5.41) is 23.0. The van der Waals surface area contributed by atoms with Crippen molar-refractivity contribution in [2.24, 2.45) is 0 Å². The minimum absolute atomic E-state index is 0.0951. The molecule has 1 fully saturated rings. The lowest BCUT2D eigenvalue weighted by molar-refractivity contribution is -0.385. The molecule has 110 valence electrons. The highest BCUT2D eigenvalue weighted by atomic mass is 35.5. The summed E-state index contributed by atoms with van der Waals surface area (Å²) in [6, 6.07) is 6.32. The molecule has 1 aliphatic rings. The van der Waals surface area contributed by atoms with Gasteiger partial charge in [0.2, 0.25) is 0 Å². The first kappa shape index (κ1) is 15.3. The van der Waals surface area contributed by atoms with Crippen LogP contribution in [0.4, 0.5) is 5.69 Å². The molecule has 1 saturated carbocycles. The number of nitro groups is 1. The van der Waals surface area contributed by atoms with E-state index in [0.717, 1.165) is 19.3 Å². The maximum absolute atomic E-state index is 12.3. The zero-order valence-electron chi connectivity index (χ0n) is 11.3. The van der Waals surface area contributed by atoms with Crippen molar-refractivity contribution in [3.8, 4) is 6.07 Å². The number of nitro benzene ring substituents is 1.